The summed E-state index contributed by atoms with van der Waals surface area (Å²) in [6.45, 7) is 11.2. The first-order valence-corrected chi connectivity index (χ1v) is 8.04. The molecule has 3 nitrogen and oxygen atoms in total. The van der Waals surface area contributed by atoms with Crippen LogP contribution in [0.3, 0.4) is 0 Å². The third-order valence-electron chi connectivity index (χ3n) is 4.65. The lowest BCUT2D eigenvalue weighted by Crippen LogP contribution is -2.41. The average Bonchev–Trinajstić information content (AvgIpc) is 2.44. The van der Waals surface area contributed by atoms with Crippen molar-refractivity contribution in [2.45, 2.75) is 46.6 Å². The van der Waals surface area contributed by atoms with Gasteiger partial charge in [-0.15, -0.1) is 0 Å². The van der Waals surface area contributed by atoms with Crippen LogP contribution in [0.5, 0.6) is 0 Å². The Kier molecular flexibility index (Phi) is 5.40. The highest BCUT2D eigenvalue weighted by Crippen LogP contribution is 2.18. The monoisotopic (exact) mass is 288 g/mol. The fourth-order valence-electron chi connectivity index (χ4n) is 2.83. The zero-order chi connectivity index (χ0) is 15.4. The Morgan fingerprint density at radius 3 is 2.57 bits per heavy atom. The Balaban J connectivity index is 1.85. The highest BCUT2D eigenvalue weighted by atomic mass is 16.2. The van der Waals surface area contributed by atoms with Gasteiger partial charge in [-0.1, -0.05) is 25.1 Å². The third kappa shape index (κ3) is 4.57. The van der Waals surface area contributed by atoms with Gasteiger partial charge in [0.15, 0.2) is 0 Å². The summed E-state index contributed by atoms with van der Waals surface area (Å²) in [6.07, 6.45) is 2.42. The number of piperidine rings is 1. The summed E-state index contributed by atoms with van der Waals surface area (Å²) in [5.41, 5.74) is 3.75. The van der Waals surface area contributed by atoms with Gasteiger partial charge in [-0.3, -0.25) is 9.69 Å². The Morgan fingerprint density at radius 1 is 1.29 bits per heavy atom. The maximum absolute atomic E-state index is 12.2. The van der Waals surface area contributed by atoms with E-state index in [0.717, 1.165) is 19.0 Å². The number of hydrogen-bond acceptors (Lipinski definition) is 2. The van der Waals surface area contributed by atoms with Crippen LogP contribution >= 0.6 is 0 Å². The summed E-state index contributed by atoms with van der Waals surface area (Å²) < 4.78 is 0. The van der Waals surface area contributed by atoms with Crippen LogP contribution in [0.15, 0.2) is 18.2 Å². The molecule has 0 spiro atoms. The summed E-state index contributed by atoms with van der Waals surface area (Å²) in [4.78, 5) is 14.4. The van der Waals surface area contributed by atoms with Crippen molar-refractivity contribution in [3.05, 3.63) is 34.9 Å². The van der Waals surface area contributed by atoms with Crippen LogP contribution in [0.4, 0.5) is 0 Å². The maximum Gasteiger partial charge on any atom is 0.234 e. The molecular formula is C18H28N2O. The van der Waals surface area contributed by atoms with Crippen molar-refractivity contribution in [3.8, 4) is 0 Å². The molecule has 1 amide bonds. The first-order valence-electron chi connectivity index (χ1n) is 8.04. The Bertz CT molecular complexity index is 490. The van der Waals surface area contributed by atoms with E-state index in [1.54, 1.807) is 0 Å². The molecule has 1 unspecified atom stereocenters. The summed E-state index contributed by atoms with van der Waals surface area (Å²) in [6, 6.07) is 6.47. The van der Waals surface area contributed by atoms with Crippen molar-refractivity contribution in [3.63, 3.8) is 0 Å². The van der Waals surface area contributed by atoms with Crippen LogP contribution in [-0.4, -0.2) is 30.4 Å². The maximum atomic E-state index is 12.2. The molecule has 1 aromatic rings. The lowest BCUT2D eigenvalue weighted by molar-refractivity contribution is -0.123. The quantitative estimate of drug-likeness (QED) is 0.922. The average molecular weight is 288 g/mol. The summed E-state index contributed by atoms with van der Waals surface area (Å²) in [5.74, 6) is 0.939. The molecule has 0 aliphatic carbocycles. The molecule has 0 radical (unpaired) electrons. The molecule has 116 valence electrons. The molecule has 1 heterocycles. The fourth-order valence-corrected chi connectivity index (χ4v) is 2.83. The van der Waals surface area contributed by atoms with Crippen LogP contribution in [0, 0.1) is 19.8 Å². The number of likely N-dealkylation sites (tertiary alicyclic amines) is 1. The smallest absolute Gasteiger partial charge is 0.234 e. The zero-order valence-corrected chi connectivity index (χ0v) is 13.8. The Labute approximate surface area is 128 Å². The van der Waals surface area contributed by atoms with Crippen molar-refractivity contribution in [2.75, 3.05) is 19.6 Å². The van der Waals surface area contributed by atoms with E-state index in [1.807, 2.05) is 0 Å². The zero-order valence-electron chi connectivity index (χ0n) is 13.8. The molecule has 1 aromatic carbocycles. The molecule has 1 aliphatic rings. The lowest BCUT2D eigenvalue weighted by Gasteiger charge is -2.30. The summed E-state index contributed by atoms with van der Waals surface area (Å²) in [5, 5.41) is 3.12. The molecule has 1 N–H and O–H groups in total. The van der Waals surface area contributed by atoms with Crippen LogP contribution in [-0.2, 0) is 4.79 Å². The van der Waals surface area contributed by atoms with Crippen molar-refractivity contribution < 1.29 is 4.79 Å². The van der Waals surface area contributed by atoms with Crippen molar-refractivity contribution in [1.29, 1.82) is 0 Å². The second-order valence-corrected chi connectivity index (χ2v) is 6.59. The second-order valence-electron chi connectivity index (χ2n) is 6.59. The number of carbonyl (C=O) groups is 1. The topological polar surface area (TPSA) is 32.3 Å². The number of nitrogens with zero attached hydrogens (tertiary/aromatic N) is 1. The number of carbonyl (C=O) groups excluding carboxylic acids is 1. The van der Waals surface area contributed by atoms with Gasteiger partial charge in [0, 0.05) is 0 Å². The van der Waals surface area contributed by atoms with Gasteiger partial charge in [0.25, 0.3) is 0 Å². The van der Waals surface area contributed by atoms with Crippen molar-refractivity contribution >= 4 is 5.91 Å². The molecule has 21 heavy (non-hydrogen) atoms. The number of aryl methyl sites for hydroxylation is 2. The first kappa shape index (κ1) is 16.0. The van der Waals surface area contributed by atoms with Gasteiger partial charge in [-0.25, -0.2) is 0 Å². The van der Waals surface area contributed by atoms with E-state index in [2.05, 4.69) is 56.1 Å². The van der Waals surface area contributed by atoms with Crippen molar-refractivity contribution in [1.82, 2.24) is 10.2 Å². The van der Waals surface area contributed by atoms with E-state index in [1.165, 1.54) is 29.5 Å². The minimum absolute atomic E-state index is 0.0699. The van der Waals surface area contributed by atoms with E-state index in [0.29, 0.717) is 6.54 Å². The molecule has 2 rings (SSSR count). The number of rotatable bonds is 4. The predicted molar refractivity (Wildman–Crippen MR) is 87.3 cm³/mol. The van der Waals surface area contributed by atoms with E-state index < -0.39 is 0 Å². The third-order valence-corrected chi connectivity index (χ3v) is 4.65. The highest BCUT2D eigenvalue weighted by Gasteiger charge is 2.19. The highest BCUT2D eigenvalue weighted by molar-refractivity contribution is 5.78. The van der Waals surface area contributed by atoms with Gasteiger partial charge in [0.1, 0.15) is 0 Å². The minimum atomic E-state index is 0.0699. The molecule has 1 fully saturated rings. The van der Waals surface area contributed by atoms with E-state index in [9.17, 15) is 4.79 Å². The largest absolute Gasteiger partial charge is 0.348 e. The predicted octanol–water partition coefficient (Wildman–Crippen LogP) is 3.21. The second kappa shape index (κ2) is 7.08. The SMILES string of the molecule is Cc1ccc(C(C)NC(=O)CN2CCC(C)CC2)cc1C. The Hall–Kier alpha value is -1.35. The van der Waals surface area contributed by atoms with Gasteiger partial charge in [0.2, 0.25) is 5.91 Å². The van der Waals surface area contributed by atoms with Gasteiger partial charge in [-0.05, 0) is 69.3 Å². The van der Waals surface area contributed by atoms with E-state index >= 15 is 0 Å². The normalized spacial score (nSPS) is 18.5. The van der Waals surface area contributed by atoms with Crippen LogP contribution in [0.1, 0.15) is 49.4 Å². The van der Waals surface area contributed by atoms with Gasteiger partial charge in [0.05, 0.1) is 12.6 Å². The molecular weight excluding hydrogens is 260 g/mol. The van der Waals surface area contributed by atoms with Crippen LogP contribution in [0.2, 0.25) is 0 Å². The molecule has 1 atom stereocenters. The number of hydrogen-bond donors (Lipinski definition) is 1. The standard InChI is InChI=1S/C18H28N2O/c1-13-7-9-20(10-8-13)12-18(21)19-16(4)17-6-5-14(2)15(3)11-17/h5-6,11,13,16H,7-10,12H2,1-4H3,(H,19,21). The van der Waals surface area contributed by atoms with Gasteiger partial charge >= 0.3 is 0 Å². The van der Waals surface area contributed by atoms with Crippen molar-refractivity contribution in [2.24, 2.45) is 5.92 Å². The van der Waals surface area contributed by atoms with Gasteiger partial charge < -0.3 is 5.32 Å². The number of amides is 1. The number of benzene rings is 1. The van der Waals surface area contributed by atoms with E-state index in [4.69, 9.17) is 0 Å². The first-order chi connectivity index (χ1) is 9.95. The fraction of sp³-hybridized carbons (Fsp3) is 0.611. The van der Waals surface area contributed by atoms with Gasteiger partial charge in [-0.2, -0.15) is 0 Å². The van der Waals surface area contributed by atoms with E-state index in [-0.39, 0.29) is 11.9 Å². The summed E-state index contributed by atoms with van der Waals surface area (Å²) >= 11 is 0. The molecule has 1 aliphatic heterocycles. The Morgan fingerprint density at radius 2 is 1.95 bits per heavy atom. The van der Waals surface area contributed by atoms with Crippen LogP contribution in [0.25, 0.3) is 0 Å². The molecule has 1 saturated heterocycles. The lowest BCUT2D eigenvalue weighted by atomic mass is 9.99. The molecule has 0 saturated carbocycles. The minimum Gasteiger partial charge on any atom is -0.348 e. The van der Waals surface area contributed by atoms with Crippen LogP contribution < -0.4 is 5.32 Å². The molecule has 0 bridgehead atoms. The number of nitrogens with one attached hydrogen (secondary N) is 1. The molecule has 3 heteroatoms. The molecule has 0 aromatic heterocycles. The summed E-state index contributed by atoms with van der Waals surface area (Å²) in [7, 11) is 0.